The average Bonchev–Trinajstić information content (AvgIpc) is 2.60. The lowest BCUT2D eigenvalue weighted by atomic mass is 10.1. The average molecular weight is 339 g/mol. The van der Waals surface area contributed by atoms with Gasteiger partial charge in [0.25, 0.3) is 0 Å². The molecule has 0 heterocycles. The summed E-state index contributed by atoms with van der Waals surface area (Å²) in [5.74, 6) is -0.623. The largest absolute Gasteiger partial charge is 0.454 e. The molecule has 2 aromatic carbocycles. The van der Waals surface area contributed by atoms with E-state index in [1.807, 2.05) is 13.8 Å². The second-order valence-electron chi connectivity index (χ2n) is 6.09. The van der Waals surface area contributed by atoms with E-state index in [1.54, 1.807) is 54.6 Å². The molecule has 1 N–H and O–H groups in total. The molecule has 0 fully saturated rings. The van der Waals surface area contributed by atoms with E-state index in [0.717, 1.165) is 0 Å². The van der Waals surface area contributed by atoms with Crippen LogP contribution in [-0.4, -0.2) is 24.3 Å². The predicted molar refractivity (Wildman–Crippen MR) is 95.6 cm³/mol. The molecule has 0 aromatic heterocycles. The number of ketones is 1. The SMILES string of the molecule is CC(C)CC(=O)Nc1ccc(C(=O)COC(=O)c2ccccc2)cc1. The standard InChI is InChI=1S/C20H21NO4/c1-14(2)12-19(23)21-17-10-8-15(9-11-17)18(22)13-25-20(24)16-6-4-3-5-7-16/h3-11,14H,12-13H2,1-2H3,(H,21,23). The van der Waals surface area contributed by atoms with Crippen molar-refractivity contribution in [3.8, 4) is 0 Å². The van der Waals surface area contributed by atoms with Crippen LogP contribution in [0.2, 0.25) is 0 Å². The fourth-order valence-corrected chi connectivity index (χ4v) is 2.19. The maximum absolute atomic E-state index is 12.1. The number of amides is 1. The van der Waals surface area contributed by atoms with Gasteiger partial charge in [-0.2, -0.15) is 0 Å². The highest BCUT2D eigenvalue weighted by atomic mass is 16.5. The van der Waals surface area contributed by atoms with Crippen LogP contribution in [0.15, 0.2) is 54.6 Å². The molecule has 0 spiro atoms. The van der Waals surface area contributed by atoms with Gasteiger partial charge in [0, 0.05) is 17.7 Å². The Bertz CT molecular complexity index is 736. The summed E-state index contributed by atoms with van der Waals surface area (Å²) in [6, 6.07) is 15.0. The number of hydrogen-bond acceptors (Lipinski definition) is 4. The molecular weight excluding hydrogens is 318 g/mol. The van der Waals surface area contributed by atoms with Crippen molar-refractivity contribution in [2.24, 2.45) is 5.92 Å². The Hall–Kier alpha value is -2.95. The van der Waals surface area contributed by atoms with Gasteiger partial charge in [0.1, 0.15) is 0 Å². The first-order chi connectivity index (χ1) is 12.0. The van der Waals surface area contributed by atoms with E-state index >= 15 is 0 Å². The molecule has 2 aromatic rings. The molecule has 0 saturated heterocycles. The fourth-order valence-electron chi connectivity index (χ4n) is 2.19. The second-order valence-corrected chi connectivity index (χ2v) is 6.09. The van der Waals surface area contributed by atoms with E-state index in [-0.39, 0.29) is 24.2 Å². The number of ether oxygens (including phenoxy) is 1. The summed E-state index contributed by atoms with van der Waals surface area (Å²) < 4.78 is 5.02. The lowest BCUT2D eigenvalue weighted by molar-refractivity contribution is -0.116. The number of carbonyl (C=O) groups excluding carboxylic acids is 3. The van der Waals surface area contributed by atoms with E-state index in [1.165, 1.54) is 0 Å². The Morgan fingerprint density at radius 2 is 1.56 bits per heavy atom. The molecule has 0 aliphatic carbocycles. The molecule has 0 radical (unpaired) electrons. The molecule has 25 heavy (non-hydrogen) atoms. The maximum atomic E-state index is 12.1. The summed E-state index contributed by atoms with van der Waals surface area (Å²) in [6.07, 6.45) is 0.441. The molecule has 0 saturated carbocycles. The number of benzene rings is 2. The van der Waals surface area contributed by atoms with Gasteiger partial charge in [0.05, 0.1) is 5.56 Å². The number of Topliss-reactive ketones (excluding diaryl/α,β-unsaturated/α-hetero) is 1. The number of hydrogen-bond donors (Lipinski definition) is 1. The highest BCUT2D eigenvalue weighted by molar-refractivity contribution is 6.00. The molecule has 0 bridgehead atoms. The van der Waals surface area contributed by atoms with E-state index in [2.05, 4.69) is 5.32 Å². The summed E-state index contributed by atoms with van der Waals surface area (Å²) in [5.41, 5.74) is 1.45. The van der Waals surface area contributed by atoms with Crippen LogP contribution in [0, 0.1) is 5.92 Å². The van der Waals surface area contributed by atoms with E-state index in [0.29, 0.717) is 23.2 Å². The van der Waals surface area contributed by atoms with Gasteiger partial charge in [-0.3, -0.25) is 9.59 Å². The number of nitrogens with one attached hydrogen (secondary N) is 1. The monoisotopic (exact) mass is 339 g/mol. The van der Waals surface area contributed by atoms with Crippen molar-refractivity contribution >= 4 is 23.3 Å². The summed E-state index contributed by atoms with van der Waals surface area (Å²) in [6.45, 7) is 3.61. The van der Waals surface area contributed by atoms with Crippen molar-refractivity contribution in [3.05, 3.63) is 65.7 Å². The van der Waals surface area contributed by atoms with Crippen LogP contribution in [0.25, 0.3) is 0 Å². The maximum Gasteiger partial charge on any atom is 0.338 e. The summed E-state index contributed by atoms with van der Waals surface area (Å²) in [5, 5.41) is 2.78. The van der Waals surface area contributed by atoms with Crippen molar-refractivity contribution in [2.45, 2.75) is 20.3 Å². The molecule has 0 atom stereocenters. The van der Waals surface area contributed by atoms with Gasteiger partial charge in [0.15, 0.2) is 12.4 Å². The summed E-state index contributed by atoms with van der Waals surface area (Å²) in [4.78, 5) is 35.6. The van der Waals surface area contributed by atoms with E-state index < -0.39 is 5.97 Å². The van der Waals surface area contributed by atoms with Gasteiger partial charge in [-0.25, -0.2) is 4.79 Å². The van der Waals surface area contributed by atoms with Crippen molar-refractivity contribution in [1.29, 1.82) is 0 Å². The van der Waals surface area contributed by atoms with Crippen LogP contribution in [0.1, 0.15) is 41.0 Å². The van der Waals surface area contributed by atoms with Gasteiger partial charge < -0.3 is 10.1 Å². The first kappa shape index (κ1) is 18.4. The summed E-state index contributed by atoms with van der Waals surface area (Å²) >= 11 is 0. The minimum absolute atomic E-state index is 0.0640. The second kappa shape index (κ2) is 8.78. The smallest absolute Gasteiger partial charge is 0.338 e. The Morgan fingerprint density at radius 3 is 2.16 bits per heavy atom. The molecular formula is C20H21NO4. The van der Waals surface area contributed by atoms with Crippen LogP contribution in [0.3, 0.4) is 0 Å². The molecule has 2 rings (SSSR count). The molecule has 130 valence electrons. The highest BCUT2D eigenvalue weighted by Gasteiger charge is 2.12. The minimum atomic E-state index is -0.536. The lowest BCUT2D eigenvalue weighted by Gasteiger charge is -2.08. The van der Waals surface area contributed by atoms with Gasteiger partial charge in [0.2, 0.25) is 5.91 Å². The topological polar surface area (TPSA) is 72.5 Å². The van der Waals surface area contributed by atoms with Crippen LogP contribution < -0.4 is 5.32 Å². The van der Waals surface area contributed by atoms with Gasteiger partial charge >= 0.3 is 5.97 Å². The Morgan fingerprint density at radius 1 is 0.920 bits per heavy atom. The van der Waals surface area contributed by atoms with Gasteiger partial charge in [-0.05, 0) is 42.3 Å². The Labute approximate surface area is 147 Å². The highest BCUT2D eigenvalue weighted by Crippen LogP contribution is 2.12. The van der Waals surface area contributed by atoms with Crippen LogP contribution in [-0.2, 0) is 9.53 Å². The van der Waals surface area contributed by atoms with E-state index in [9.17, 15) is 14.4 Å². The van der Waals surface area contributed by atoms with Crippen molar-refractivity contribution < 1.29 is 19.1 Å². The zero-order valence-corrected chi connectivity index (χ0v) is 14.3. The normalized spacial score (nSPS) is 10.4. The van der Waals surface area contributed by atoms with Gasteiger partial charge in [-0.1, -0.05) is 32.0 Å². The predicted octanol–water partition coefficient (Wildman–Crippen LogP) is 3.71. The first-order valence-electron chi connectivity index (χ1n) is 8.11. The van der Waals surface area contributed by atoms with Crippen molar-refractivity contribution in [1.82, 2.24) is 0 Å². The van der Waals surface area contributed by atoms with Crippen molar-refractivity contribution in [2.75, 3.05) is 11.9 Å². The van der Waals surface area contributed by atoms with Crippen LogP contribution in [0.4, 0.5) is 5.69 Å². The minimum Gasteiger partial charge on any atom is -0.454 e. The molecule has 0 aliphatic heterocycles. The number of esters is 1. The molecule has 0 aliphatic rings. The van der Waals surface area contributed by atoms with Crippen molar-refractivity contribution in [3.63, 3.8) is 0 Å². The number of carbonyl (C=O) groups is 3. The third-order valence-corrected chi connectivity index (χ3v) is 3.43. The molecule has 5 nitrogen and oxygen atoms in total. The Balaban J connectivity index is 1.88. The zero-order chi connectivity index (χ0) is 18.2. The summed E-state index contributed by atoms with van der Waals surface area (Å²) in [7, 11) is 0. The first-order valence-corrected chi connectivity index (χ1v) is 8.11. The fraction of sp³-hybridized carbons (Fsp3) is 0.250. The molecule has 1 amide bonds. The number of anilines is 1. The quantitative estimate of drug-likeness (QED) is 0.616. The Kier molecular flexibility index (Phi) is 6.46. The molecule has 5 heteroatoms. The van der Waals surface area contributed by atoms with Crippen LogP contribution in [0.5, 0.6) is 0 Å². The zero-order valence-electron chi connectivity index (χ0n) is 14.3. The number of rotatable bonds is 7. The van der Waals surface area contributed by atoms with Crippen LogP contribution >= 0.6 is 0 Å². The van der Waals surface area contributed by atoms with E-state index in [4.69, 9.17) is 4.74 Å². The molecule has 0 unspecified atom stereocenters. The van der Waals surface area contributed by atoms with Gasteiger partial charge in [-0.15, -0.1) is 0 Å². The third-order valence-electron chi connectivity index (χ3n) is 3.43. The lowest BCUT2D eigenvalue weighted by Crippen LogP contribution is -2.15. The third kappa shape index (κ3) is 5.88.